The van der Waals surface area contributed by atoms with Crippen molar-refractivity contribution >= 4 is 54.4 Å². The van der Waals surface area contributed by atoms with E-state index in [0.29, 0.717) is 29.9 Å². The Kier molecular flexibility index (Phi) is 20.0. The van der Waals surface area contributed by atoms with E-state index in [0.717, 1.165) is 15.8 Å². The number of para-hydroxylation sites is 1. The van der Waals surface area contributed by atoms with E-state index in [9.17, 15) is 12.8 Å². The summed E-state index contributed by atoms with van der Waals surface area (Å²) in [4.78, 5) is 0.246. The second-order valence-corrected chi connectivity index (χ2v) is 17.5. The predicted octanol–water partition coefficient (Wildman–Crippen LogP) is 13.0. The van der Waals surface area contributed by atoms with Crippen molar-refractivity contribution in [2.75, 3.05) is 26.0 Å². The Morgan fingerprint density at radius 2 is 0.964 bits per heavy atom. The maximum absolute atomic E-state index is 12.4. The van der Waals surface area contributed by atoms with Gasteiger partial charge in [-0.1, -0.05) is 35.9 Å². The van der Waals surface area contributed by atoms with E-state index < -0.39 is 10.0 Å². The second-order valence-electron chi connectivity index (χ2n) is 14.9. The van der Waals surface area contributed by atoms with Crippen molar-refractivity contribution in [1.29, 1.82) is 0 Å². The van der Waals surface area contributed by atoms with E-state index in [1.54, 1.807) is 60.7 Å². The van der Waals surface area contributed by atoms with Crippen LogP contribution in [-0.4, -0.2) is 32.6 Å². The van der Waals surface area contributed by atoms with Crippen molar-refractivity contribution in [3.63, 3.8) is 0 Å². The second kappa shape index (κ2) is 23.5. The van der Waals surface area contributed by atoms with E-state index in [1.807, 2.05) is 33.8 Å². The number of halogens is 2. The number of aryl methyl sites for hydroxylation is 4. The topological polar surface area (TPSA) is 94.3 Å². The van der Waals surface area contributed by atoms with Gasteiger partial charge in [0.1, 0.15) is 5.82 Å². The fourth-order valence-electron chi connectivity index (χ4n) is 5.15. The molecule has 0 aromatic heterocycles. The molecule has 56 heavy (non-hydrogen) atoms. The van der Waals surface area contributed by atoms with Crippen LogP contribution in [0.3, 0.4) is 0 Å². The minimum absolute atomic E-state index is 0.195. The highest BCUT2D eigenvalue weighted by atomic mass is 79.9. The third kappa shape index (κ3) is 18.4. The third-order valence-electron chi connectivity index (χ3n) is 7.80. The fraction of sp³-hybridized carbons (Fsp3) is 0.348. The Balaban J connectivity index is 0.000000267. The minimum Gasteiger partial charge on any atom is -0.383 e. The Morgan fingerprint density at radius 1 is 0.500 bits per heavy atom. The molecule has 0 radical (unpaired) electrons. The molecule has 0 saturated carbocycles. The van der Waals surface area contributed by atoms with Gasteiger partial charge in [0.2, 0.25) is 0 Å². The first-order valence-corrected chi connectivity index (χ1v) is 21.4. The molecule has 0 bridgehead atoms. The van der Waals surface area contributed by atoms with E-state index in [1.165, 1.54) is 45.8 Å². The zero-order valence-corrected chi connectivity index (χ0v) is 37.6. The fourth-order valence-corrected chi connectivity index (χ4v) is 6.78. The Bertz CT molecular complexity index is 2000. The number of rotatable bonds is 11. The van der Waals surface area contributed by atoms with Gasteiger partial charge in [-0.15, -0.1) is 0 Å². The van der Waals surface area contributed by atoms with Gasteiger partial charge in [-0.2, -0.15) is 0 Å². The maximum Gasteiger partial charge on any atom is 0.261 e. The van der Waals surface area contributed by atoms with Gasteiger partial charge in [0.15, 0.2) is 0 Å². The summed E-state index contributed by atoms with van der Waals surface area (Å²) in [5, 5.41) is 13.2. The highest BCUT2D eigenvalue weighted by Crippen LogP contribution is 2.26. The number of benzene rings is 5. The average Bonchev–Trinajstić information content (AvgIpc) is 3.10. The Morgan fingerprint density at radius 3 is 1.45 bits per heavy atom. The van der Waals surface area contributed by atoms with E-state index in [4.69, 9.17) is 0 Å². The molecule has 0 unspecified atom stereocenters. The zero-order chi connectivity index (χ0) is 42.0. The van der Waals surface area contributed by atoms with Gasteiger partial charge in [0, 0.05) is 57.1 Å². The van der Waals surface area contributed by atoms with Crippen molar-refractivity contribution in [2.45, 2.75) is 112 Å². The standard InChI is InChI=1S/C15H18N2O2S.C11H16BrN.C11H17N.C9H12FN/c1-12(2)16-13-8-10-15(11-9-13)20(18,19)17-14-6-4-3-5-7-14;1-7(2)13-11-6-9(4)8(3)5-10(11)12;1-8(2)12-11-6-5-9(3)7-10(11)4;1-7(2)11-9-5-3-8(10)4-6-9/h3-12,16-17H,1-2H3;5-7,13H,1-4H3;5-8,12H,1-4H3;3-7,11H,1-2H3. The molecular formula is C46H63BrFN5O2S. The van der Waals surface area contributed by atoms with E-state index in [-0.39, 0.29) is 10.7 Å². The lowest BCUT2D eigenvalue weighted by atomic mass is 10.1. The smallest absolute Gasteiger partial charge is 0.261 e. The van der Waals surface area contributed by atoms with Crippen LogP contribution in [-0.2, 0) is 10.0 Å². The van der Waals surface area contributed by atoms with Crippen molar-refractivity contribution in [2.24, 2.45) is 0 Å². The molecule has 0 atom stereocenters. The number of anilines is 5. The number of nitrogens with one attached hydrogen (secondary N) is 5. The normalized spacial score (nSPS) is 10.8. The molecule has 0 heterocycles. The summed E-state index contributed by atoms with van der Waals surface area (Å²) in [5.41, 5.74) is 10.1. The van der Waals surface area contributed by atoms with E-state index in [2.05, 4.69) is 128 Å². The Labute approximate surface area is 345 Å². The molecule has 5 rings (SSSR count). The van der Waals surface area contributed by atoms with Crippen LogP contribution in [0, 0.1) is 33.5 Å². The molecule has 0 aliphatic carbocycles. The highest BCUT2D eigenvalue weighted by Gasteiger charge is 2.14. The van der Waals surface area contributed by atoms with Crippen LogP contribution in [0.15, 0.2) is 119 Å². The lowest BCUT2D eigenvalue weighted by Gasteiger charge is -2.13. The van der Waals surface area contributed by atoms with Crippen LogP contribution in [0.1, 0.15) is 77.6 Å². The van der Waals surface area contributed by atoms with E-state index >= 15 is 0 Å². The number of hydrogen-bond acceptors (Lipinski definition) is 6. The largest absolute Gasteiger partial charge is 0.383 e. The first kappa shape index (κ1) is 47.6. The molecule has 0 aliphatic rings. The van der Waals surface area contributed by atoms with Crippen LogP contribution in [0.5, 0.6) is 0 Å². The summed E-state index contributed by atoms with van der Waals surface area (Å²) in [6.07, 6.45) is 0. The monoisotopic (exact) mass is 847 g/mol. The number of hydrogen-bond donors (Lipinski definition) is 5. The lowest BCUT2D eigenvalue weighted by molar-refractivity contribution is 0.601. The lowest BCUT2D eigenvalue weighted by Crippen LogP contribution is -2.13. The summed E-state index contributed by atoms with van der Waals surface area (Å²) >= 11 is 3.55. The van der Waals surface area contributed by atoms with Crippen LogP contribution < -0.4 is 26.0 Å². The first-order chi connectivity index (χ1) is 26.2. The van der Waals surface area contributed by atoms with Gasteiger partial charge in [-0.25, -0.2) is 12.8 Å². The molecule has 304 valence electrons. The van der Waals surface area contributed by atoms with Gasteiger partial charge in [0.25, 0.3) is 10.0 Å². The van der Waals surface area contributed by atoms with Crippen molar-refractivity contribution in [3.05, 3.63) is 142 Å². The molecule has 7 nitrogen and oxygen atoms in total. The van der Waals surface area contributed by atoms with Gasteiger partial charge >= 0.3 is 0 Å². The molecule has 0 fully saturated rings. The molecule has 0 spiro atoms. The molecule has 5 N–H and O–H groups in total. The third-order valence-corrected chi connectivity index (χ3v) is 9.85. The van der Waals surface area contributed by atoms with Gasteiger partial charge < -0.3 is 21.3 Å². The Hall–Kier alpha value is -4.54. The number of sulfonamides is 1. The van der Waals surface area contributed by atoms with Crippen LogP contribution in [0.25, 0.3) is 0 Å². The van der Waals surface area contributed by atoms with Crippen molar-refractivity contribution in [1.82, 2.24) is 0 Å². The van der Waals surface area contributed by atoms with Crippen molar-refractivity contribution < 1.29 is 12.8 Å². The summed E-state index contributed by atoms with van der Waals surface area (Å²) in [6, 6.07) is 34.4. The SMILES string of the molecule is CC(C)Nc1ccc(F)cc1.CC(C)Nc1ccc(S(=O)(=O)Nc2ccccc2)cc1.Cc1cc(Br)c(NC(C)C)cc1C.Cc1ccc(NC(C)C)c(C)c1. The minimum atomic E-state index is -3.54. The molecule has 0 saturated heterocycles. The zero-order valence-electron chi connectivity index (χ0n) is 35.2. The summed E-state index contributed by atoms with van der Waals surface area (Å²) in [5.74, 6) is -0.195. The average molecular weight is 849 g/mol. The van der Waals surface area contributed by atoms with Crippen LogP contribution in [0.2, 0.25) is 0 Å². The predicted molar refractivity (Wildman–Crippen MR) is 245 cm³/mol. The van der Waals surface area contributed by atoms with Crippen LogP contribution in [0.4, 0.5) is 32.8 Å². The quantitative estimate of drug-likeness (QED) is 0.0909. The van der Waals surface area contributed by atoms with Gasteiger partial charge in [0.05, 0.1) is 4.90 Å². The molecule has 5 aromatic rings. The molecule has 0 aliphatic heterocycles. The van der Waals surface area contributed by atoms with Crippen LogP contribution >= 0.6 is 15.9 Å². The molecule has 10 heteroatoms. The van der Waals surface area contributed by atoms with Crippen molar-refractivity contribution in [3.8, 4) is 0 Å². The first-order valence-electron chi connectivity index (χ1n) is 19.1. The summed E-state index contributed by atoms with van der Waals surface area (Å²) in [6.45, 7) is 25.2. The summed E-state index contributed by atoms with van der Waals surface area (Å²) in [7, 11) is -3.54. The molecule has 5 aromatic carbocycles. The molecule has 0 amide bonds. The van der Waals surface area contributed by atoms with Gasteiger partial charge in [-0.3, -0.25) is 4.72 Å². The molecular weight excluding hydrogens is 786 g/mol. The van der Waals surface area contributed by atoms with Gasteiger partial charge in [-0.05, 0) is 195 Å². The maximum atomic E-state index is 12.4. The highest BCUT2D eigenvalue weighted by molar-refractivity contribution is 9.10. The summed E-state index contributed by atoms with van der Waals surface area (Å²) < 4.78 is 40.5.